The molecular weight excluding hydrogens is 391 g/mol. The molecule has 1 saturated carbocycles. The molecule has 4 rings (SSSR count). The van der Waals surface area contributed by atoms with Crippen LogP contribution in [0.4, 0.5) is 0 Å². The van der Waals surface area contributed by atoms with Crippen molar-refractivity contribution in [3.8, 4) is 6.07 Å². The Morgan fingerprint density at radius 2 is 1.54 bits per heavy atom. The molecule has 28 heavy (non-hydrogen) atoms. The molecule has 0 amide bonds. The monoisotopic (exact) mass is 407 g/mol. The van der Waals surface area contributed by atoms with E-state index in [0.717, 1.165) is 22.6 Å². The van der Waals surface area contributed by atoms with Gasteiger partial charge in [-0.3, -0.25) is 5.41 Å². The Morgan fingerprint density at radius 3 is 2.04 bits per heavy atom. The molecule has 0 unspecified atom stereocenters. The van der Waals surface area contributed by atoms with E-state index in [-0.39, 0.29) is 22.9 Å². The zero-order chi connectivity index (χ0) is 20.1. The number of allylic oxidation sites excluding steroid dienone is 1. The summed E-state index contributed by atoms with van der Waals surface area (Å²) in [7, 11) is 0. The van der Waals surface area contributed by atoms with Crippen LogP contribution < -0.4 is 0 Å². The van der Waals surface area contributed by atoms with Gasteiger partial charge in [-0.25, -0.2) is 0 Å². The lowest BCUT2D eigenvalue weighted by atomic mass is 9.98. The maximum atomic E-state index is 9.58. The molecule has 0 saturated heterocycles. The number of hydrogen-bond donors (Lipinski definition) is 1. The van der Waals surface area contributed by atoms with Crippen LogP contribution in [0.3, 0.4) is 0 Å². The van der Waals surface area contributed by atoms with Gasteiger partial charge in [-0.2, -0.15) is 5.26 Å². The Hall–Kier alpha value is -2.70. The van der Waals surface area contributed by atoms with Crippen molar-refractivity contribution in [3.05, 3.63) is 75.4 Å². The zero-order valence-electron chi connectivity index (χ0n) is 15.4. The topological polar surface area (TPSA) is 63.0 Å². The molecule has 0 radical (unpaired) electrons. The average molecular weight is 408 g/mol. The lowest BCUT2D eigenvalue weighted by Crippen LogP contribution is -2.28. The fourth-order valence-electron chi connectivity index (χ4n) is 4.09. The Morgan fingerprint density at radius 1 is 1.00 bits per heavy atom. The van der Waals surface area contributed by atoms with Gasteiger partial charge in [0.15, 0.2) is 6.07 Å². The highest BCUT2D eigenvalue weighted by Gasteiger charge is 2.68. The van der Waals surface area contributed by atoms with Crippen molar-refractivity contribution in [1.29, 1.82) is 10.7 Å². The van der Waals surface area contributed by atoms with Crippen LogP contribution >= 0.6 is 23.2 Å². The van der Waals surface area contributed by atoms with Gasteiger partial charge in [-0.1, -0.05) is 49.2 Å². The van der Waals surface area contributed by atoms with Crippen LogP contribution in [0.25, 0.3) is 0 Å². The number of hydrogen-bond acceptors (Lipinski definition) is 3. The van der Waals surface area contributed by atoms with Crippen LogP contribution in [0.5, 0.6) is 0 Å². The van der Waals surface area contributed by atoms with E-state index in [0.29, 0.717) is 10.0 Å². The third kappa shape index (κ3) is 2.89. The molecule has 4 nitrogen and oxygen atoms in total. The number of hydrazone groups is 1. The normalized spacial score (nSPS) is 21.9. The van der Waals surface area contributed by atoms with Crippen molar-refractivity contribution in [2.45, 2.75) is 13.8 Å². The summed E-state index contributed by atoms with van der Waals surface area (Å²) in [6, 6.07) is 17.1. The molecule has 1 heterocycles. The number of nitrogens with one attached hydrogen (secondary N) is 1. The highest BCUT2D eigenvalue weighted by atomic mass is 35.5. The van der Waals surface area contributed by atoms with Gasteiger partial charge < -0.3 is 0 Å². The molecule has 0 bridgehead atoms. The van der Waals surface area contributed by atoms with E-state index in [1.807, 2.05) is 54.6 Å². The van der Waals surface area contributed by atoms with Gasteiger partial charge in [0.2, 0.25) is 5.71 Å². The first kappa shape index (κ1) is 18.7. The second kappa shape index (κ2) is 6.72. The van der Waals surface area contributed by atoms with Gasteiger partial charge in [-0.05, 0) is 46.5 Å². The predicted molar refractivity (Wildman–Crippen MR) is 111 cm³/mol. The van der Waals surface area contributed by atoms with E-state index in [1.165, 1.54) is 0 Å². The van der Waals surface area contributed by atoms with Crippen LogP contribution in [-0.4, -0.2) is 22.0 Å². The molecule has 2 aliphatic rings. The fraction of sp³-hybridized carbons (Fsp3) is 0.227. The molecule has 1 N–H and O–H groups in total. The SMILES string of the molecule is CC1(C)[C@@H]2C(c3ccc(Cl)cc3)=[N+](C(=C=N)C#N)N=C(c3ccc(Cl)cc3)[C@@H]21. The average Bonchev–Trinajstić information content (AvgIpc) is 3.26. The molecule has 1 aliphatic heterocycles. The summed E-state index contributed by atoms with van der Waals surface area (Å²) in [5.74, 6) is 2.61. The molecule has 138 valence electrons. The van der Waals surface area contributed by atoms with Crippen LogP contribution in [0.2, 0.25) is 10.0 Å². The largest absolute Gasteiger partial charge is 0.376 e. The molecule has 2 atom stereocenters. The minimum absolute atomic E-state index is 0.0369. The lowest BCUT2D eigenvalue weighted by molar-refractivity contribution is -0.476. The van der Waals surface area contributed by atoms with Gasteiger partial charge in [0, 0.05) is 32.2 Å². The van der Waals surface area contributed by atoms with Crippen molar-refractivity contribution in [2.24, 2.45) is 22.4 Å². The molecule has 0 aromatic heterocycles. The van der Waals surface area contributed by atoms with E-state index >= 15 is 0 Å². The molecule has 2 aromatic rings. The van der Waals surface area contributed by atoms with Crippen molar-refractivity contribution in [2.75, 3.05) is 0 Å². The van der Waals surface area contributed by atoms with Gasteiger partial charge >= 0.3 is 5.70 Å². The van der Waals surface area contributed by atoms with Gasteiger partial charge in [-0.15, -0.1) is 0 Å². The summed E-state index contributed by atoms with van der Waals surface area (Å²) in [5, 5.41) is 23.3. The number of fused-ring (bicyclic) bond motifs is 1. The van der Waals surface area contributed by atoms with Crippen molar-refractivity contribution in [3.63, 3.8) is 0 Å². The fourth-order valence-corrected chi connectivity index (χ4v) is 4.35. The Balaban J connectivity index is 1.98. The number of nitrogens with zero attached hydrogens (tertiary/aromatic N) is 3. The minimum Gasteiger partial charge on any atom is -0.252 e. The second-order valence-corrected chi connectivity index (χ2v) is 8.43. The van der Waals surface area contributed by atoms with Gasteiger partial charge in [0.05, 0.1) is 11.8 Å². The predicted octanol–water partition coefficient (Wildman–Crippen LogP) is 5.14. The highest BCUT2D eigenvalue weighted by molar-refractivity contribution is 6.31. The Labute approximate surface area is 173 Å². The molecule has 1 aliphatic carbocycles. The van der Waals surface area contributed by atoms with Crippen LogP contribution in [-0.2, 0) is 0 Å². The summed E-state index contributed by atoms with van der Waals surface area (Å²) in [5.41, 5.74) is 3.72. The maximum absolute atomic E-state index is 9.58. The van der Waals surface area contributed by atoms with Crippen LogP contribution in [0, 0.1) is 34.0 Å². The number of rotatable bonds is 3. The molecule has 1 fully saturated rings. The Bertz CT molecular complexity index is 1110. The summed E-state index contributed by atoms with van der Waals surface area (Å²) in [6.45, 7) is 4.40. The summed E-state index contributed by atoms with van der Waals surface area (Å²) >= 11 is 12.1. The van der Waals surface area contributed by atoms with Gasteiger partial charge in [0.25, 0.3) is 0 Å². The van der Waals surface area contributed by atoms with Crippen molar-refractivity contribution in [1.82, 2.24) is 0 Å². The zero-order valence-corrected chi connectivity index (χ0v) is 16.9. The number of benzene rings is 2. The van der Waals surface area contributed by atoms with Crippen LogP contribution in [0.15, 0.2) is 59.3 Å². The molecule has 0 spiro atoms. The first-order valence-electron chi connectivity index (χ1n) is 8.85. The first-order valence-corrected chi connectivity index (χ1v) is 9.61. The molecule has 6 heteroatoms. The molecule has 2 aromatic carbocycles. The summed E-state index contributed by atoms with van der Waals surface area (Å²) < 4.78 is 1.57. The van der Waals surface area contributed by atoms with Crippen molar-refractivity contribution < 1.29 is 4.68 Å². The Kier molecular flexibility index (Phi) is 4.48. The van der Waals surface area contributed by atoms with E-state index < -0.39 is 0 Å². The molecular formula is C22H17Cl2N4+. The van der Waals surface area contributed by atoms with E-state index in [9.17, 15) is 5.26 Å². The summed E-state index contributed by atoms with van der Waals surface area (Å²) in [4.78, 5) is 0. The first-order chi connectivity index (χ1) is 13.4. The minimum atomic E-state index is -0.0369. The van der Waals surface area contributed by atoms with E-state index in [2.05, 4.69) is 19.7 Å². The lowest BCUT2D eigenvalue weighted by Gasteiger charge is -2.11. The van der Waals surface area contributed by atoms with E-state index in [1.54, 1.807) is 4.68 Å². The van der Waals surface area contributed by atoms with Gasteiger partial charge in [0.1, 0.15) is 5.71 Å². The maximum Gasteiger partial charge on any atom is 0.376 e. The van der Waals surface area contributed by atoms with E-state index in [4.69, 9.17) is 33.7 Å². The number of nitriles is 1. The second-order valence-electron chi connectivity index (χ2n) is 7.56. The smallest absolute Gasteiger partial charge is 0.252 e. The third-order valence-electron chi connectivity index (χ3n) is 5.57. The van der Waals surface area contributed by atoms with Crippen molar-refractivity contribution >= 4 is 40.5 Å². The summed E-state index contributed by atoms with van der Waals surface area (Å²) in [6.07, 6.45) is 0. The van der Waals surface area contributed by atoms with Crippen LogP contribution in [0.1, 0.15) is 25.0 Å². The standard InChI is InChI=1S/C22H17Cl2N4/c1-22(2)18-19(22)21(14-5-9-16(24)10-6-14)28(17(11-25)12-26)27-20(18)13-3-7-15(23)8-4-13/h3-10,18-19,25H,1-2H3/q+1/t18-,19+/m1/s1. The number of halogens is 2. The quantitative estimate of drug-likeness (QED) is 0.427. The highest BCUT2D eigenvalue weighted by Crippen LogP contribution is 2.62. The third-order valence-corrected chi connectivity index (χ3v) is 6.07.